The molecule has 0 aliphatic carbocycles. The van der Waals surface area contributed by atoms with Gasteiger partial charge in [-0.2, -0.15) is 5.10 Å². The normalized spacial score (nSPS) is 19.5. The topological polar surface area (TPSA) is 102 Å². The summed E-state index contributed by atoms with van der Waals surface area (Å²) in [5.74, 6) is -0.783. The first-order valence-corrected chi connectivity index (χ1v) is 8.83. The van der Waals surface area contributed by atoms with Gasteiger partial charge in [-0.25, -0.2) is 9.78 Å². The van der Waals surface area contributed by atoms with E-state index < -0.39 is 5.97 Å². The fourth-order valence-corrected chi connectivity index (χ4v) is 3.69. The van der Waals surface area contributed by atoms with Crippen molar-refractivity contribution >= 4 is 22.7 Å². The number of aryl methyl sites for hydroxylation is 2. The summed E-state index contributed by atoms with van der Waals surface area (Å²) in [4.78, 5) is 20.1. The van der Waals surface area contributed by atoms with E-state index in [1.54, 1.807) is 24.1 Å². The summed E-state index contributed by atoms with van der Waals surface area (Å²) in [5, 5.41) is 18.2. The molecule has 3 aromatic rings. The summed E-state index contributed by atoms with van der Waals surface area (Å²) in [7, 11) is 1.80. The zero-order valence-corrected chi connectivity index (χ0v) is 15.2. The van der Waals surface area contributed by atoms with E-state index in [2.05, 4.69) is 20.4 Å². The molecule has 1 saturated heterocycles. The molecular formula is C19H21N5O3. The molecule has 0 amide bonds. The molecule has 27 heavy (non-hydrogen) atoms. The number of nitrogens with zero attached hydrogens (tertiary/aromatic N) is 4. The van der Waals surface area contributed by atoms with Crippen LogP contribution in [0.5, 0.6) is 0 Å². The van der Waals surface area contributed by atoms with Crippen molar-refractivity contribution < 1.29 is 14.6 Å². The number of aromatic nitrogens is 4. The van der Waals surface area contributed by atoms with Gasteiger partial charge in [0.25, 0.3) is 0 Å². The summed E-state index contributed by atoms with van der Waals surface area (Å²) in [6.07, 6.45) is 5.79. The minimum absolute atomic E-state index is 0.00136. The van der Waals surface area contributed by atoms with Crippen LogP contribution < -0.4 is 5.32 Å². The van der Waals surface area contributed by atoms with E-state index in [9.17, 15) is 9.90 Å². The molecule has 0 aromatic carbocycles. The van der Waals surface area contributed by atoms with Crippen LogP contribution in [0.1, 0.15) is 21.6 Å². The van der Waals surface area contributed by atoms with E-state index in [1.807, 2.05) is 19.1 Å². The van der Waals surface area contributed by atoms with Gasteiger partial charge in [0.15, 0.2) is 5.65 Å². The summed E-state index contributed by atoms with van der Waals surface area (Å²) >= 11 is 0. The fourth-order valence-electron chi connectivity index (χ4n) is 3.69. The van der Waals surface area contributed by atoms with Gasteiger partial charge in [-0.15, -0.1) is 0 Å². The third-order valence-electron chi connectivity index (χ3n) is 5.03. The second-order valence-corrected chi connectivity index (χ2v) is 6.87. The van der Waals surface area contributed by atoms with Crippen LogP contribution in [0.15, 0.2) is 30.7 Å². The van der Waals surface area contributed by atoms with Crippen LogP contribution >= 0.6 is 0 Å². The number of fused-ring (bicyclic) bond motifs is 1. The maximum atomic E-state index is 11.8. The summed E-state index contributed by atoms with van der Waals surface area (Å²) in [5.41, 5.74) is 3.30. The Balaban J connectivity index is 1.69. The molecule has 3 aromatic heterocycles. The quantitative estimate of drug-likeness (QED) is 0.711. The van der Waals surface area contributed by atoms with Crippen LogP contribution in [0.3, 0.4) is 0 Å². The van der Waals surface area contributed by atoms with Crippen LogP contribution in [0.2, 0.25) is 0 Å². The molecule has 8 nitrogen and oxygen atoms in total. The summed E-state index contributed by atoms with van der Waals surface area (Å²) in [6, 6.07) is 3.99. The molecule has 4 heterocycles. The highest BCUT2D eigenvalue weighted by molar-refractivity contribution is 6.04. The molecule has 0 bridgehead atoms. The van der Waals surface area contributed by atoms with Gasteiger partial charge in [0.1, 0.15) is 5.56 Å². The number of ether oxygens (including phenoxy) is 1. The van der Waals surface area contributed by atoms with E-state index in [0.29, 0.717) is 24.5 Å². The fraction of sp³-hybridized carbons (Fsp3) is 0.368. The van der Waals surface area contributed by atoms with Gasteiger partial charge < -0.3 is 15.2 Å². The average molecular weight is 367 g/mol. The Labute approximate surface area is 156 Å². The monoisotopic (exact) mass is 367 g/mol. The van der Waals surface area contributed by atoms with Crippen LogP contribution in [0.4, 0.5) is 5.69 Å². The second-order valence-electron chi connectivity index (χ2n) is 6.87. The van der Waals surface area contributed by atoms with Gasteiger partial charge in [-0.1, -0.05) is 0 Å². The molecule has 0 unspecified atom stereocenters. The first kappa shape index (κ1) is 17.4. The maximum absolute atomic E-state index is 11.8. The highest BCUT2D eigenvalue weighted by Gasteiger charge is 2.31. The van der Waals surface area contributed by atoms with E-state index in [4.69, 9.17) is 4.74 Å². The number of hydrogen-bond donors (Lipinski definition) is 2. The van der Waals surface area contributed by atoms with E-state index in [-0.39, 0.29) is 17.5 Å². The number of carboxylic acids is 1. The first-order chi connectivity index (χ1) is 13.0. The van der Waals surface area contributed by atoms with E-state index in [1.165, 1.54) is 11.8 Å². The number of carbonyl (C=O) groups is 1. The van der Waals surface area contributed by atoms with Gasteiger partial charge >= 0.3 is 5.97 Å². The average Bonchev–Trinajstić information content (AvgIpc) is 3.20. The molecule has 0 saturated carbocycles. The Kier molecular flexibility index (Phi) is 4.49. The Bertz CT molecular complexity index is 986. The lowest BCUT2D eigenvalue weighted by molar-refractivity contribution is 0.0697. The van der Waals surface area contributed by atoms with Crippen LogP contribution in [0.25, 0.3) is 11.0 Å². The Morgan fingerprint density at radius 2 is 2.15 bits per heavy atom. The minimum Gasteiger partial charge on any atom is -0.478 e. The second kappa shape index (κ2) is 6.96. The Morgan fingerprint density at radius 1 is 1.37 bits per heavy atom. The molecule has 2 atom stereocenters. The lowest BCUT2D eigenvalue weighted by Gasteiger charge is -2.22. The molecule has 4 rings (SSSR count). The molecule has 8 heteroatoms. The standard InChI is InChI=1S/C19H21N5O3/c1-11-16-17(14(19(25)26)8-21-18(16)24(2)23-11)22-15-10-27-9-13(15)7-12-3-5-20-6-4-12/h3-6,8,13,15H,7,9-10H2,1-2H3,(H,21,22)(H,25,26)/t13-,15+/m1/s1. The Hall–Kier alpha value is -3.00. The molecule has 140 valence electrons. The van der Waals surface area contributed by atoms with Crippen molar-refractivity contribution in [2.24, 2.45) is 13.0 Å². The molecule has 1 aliphatic heterocycles. The highest BCUT2D eigenvalue weighted by Crippen LogP contribution is 2.31. The van der Waals surface area contributed by atoms with Crippen LogP contribution in [0, 0.1) is 12.8 Å². The van der Waals surface area contributed by atoms with Crippen molar-refractivity contribution in [2.75, 3.05) is 18.5 Å². The number of rotatable bonds is 5. The van der Waals surface area contributed by atoms with Gasteiger partial charge in [-0.05, 0) is 31.0 Å². The van der Waals surface area contributed by atoms with Crippen molar-refractivity contribution in [3.05, 3.63) is 47.5 Å². The number of nitrogens with one attached hydrogen (secondary N) is 1. The largest absolute Gasteiger partial charge is 0.478 e. The summed E-state index contributed by atoms with van der Waals surface area (Å²) < 4.78 is 7.37. The number of carboxylic acid groups (broad SMARTS) is 1. The predicted molar refractivity (Wildman–Crippen MR) is 99.9 cm³/mol. The lowest BCUT2D eigenvalue weighted by Crippen LogP contribution is -2.30. The van der Waals surface area contributed by atoms with Gasteiger partial charge in [0.05, 0.1) is 36.0 Å². The van der Waals surface area contributed by atoms with E-state index >= 15 is 0 Å². The SMILES string of the molecule is Cc1nn(C)c2ncc(C(=O)O)c(N[C@H]3COC[C@H]3Cc3ccncc3)c12. The number of pyridine rings is 2. The van der Waals surface area contributed by atoms with Gasteiger partial charge in [0, 0.05) is 31.6 Å². The smallest absolute Gasteiger partial charge is 0.339 e. The van der Waals surface area contributed by atoms with Crippen molar-refractivity contribution in [2.45, 2.75) is 19.4 Å². The first-order valence-electron chi connectivity index (χ1n) is 8.83. The molecule has 2 N–H and O–H groups in total. The van der Waals surface area contributed by atoms with Crippen LogP contribution in [-0.2, 0) is 18.2 Å². The number of aromatic carboxylic acids is 1. The zero-order valence-electron chi connectivity index (χ0n) is 15.2. The molecular weight excluding hydrogens is 346 g/mol. The molecule has 1 fully saturated rings. The Morgan fingerprint density at radius 3 is 2.89 bits per heavy atom. The molecule has 1 aliphatic rings. The van der Waals surface area contributed by atoms with Crippen molar-refractivity contribution in [1.82, 2.24) is 19.7 Å². The van der Waals surface area contributed by atoms with E-state index in [0.717, 1.165) is 17.5 Å². The van der Waals surface area contributed by atoms with Crippen molar-refractivity contribution in [3.63, 3.8) is 0 Å². The number of anilines is 1. The molecule has 0 spiro atoms. The predicted octanol–water partition coefficient (Wildman–Crippen LogP) is 2.04. The summed E-state index contributed by atoms with van der Waals surface area (Å²) in [6.45, 7) is 3.01. The third kappa shape index (κ3) is 3.23. The maximum Gasteiger partial charge on any atom is 0.339 e. The van der Waals surface area contributed by atoms with Crippen molar-refractivity contribution in [3.8, 4) is 0 Å². The minimum atomic E-state index is -1.01. The lowest BCUT2D eigenvalue weighted by atomic mass is 9.95. The third-order valence-corrected chi connectivity index (χ3v) is 5.03. The molecule has 0 radical (unpaired) electrons. The van der Waals surface area contributed by atoms with Gasteiger partial charge in [0.2, 0.25) is 0 Å². The zero-order chi connectivity index (χ0) is 19.0. The highest BCUT2D eigenvalue weighted by atomic mass is 16.5. The van der Waals surface area contributed by atoms with Gasteiger partial charge in [-0.3, -0.25) is 9.67 Å². The van der Waals surface area contributed by atoms with Crippen LogP contribution in [-0.4, -0.2) is 50.1 Å². The van der Waals surface area contributed by atoms with Crippen molar-refractivity contribution in [1.29, 1.82) is 0 Å². The number of hydrogen-bond acceptors (Lipinski definition) is 6.